The summed E-state index contributed by atoms with van der Waals surface area (Å²) >= 11 is 0. The van der Waals surface area contributed by atoms with Crippen LogP contribution in [-0.2, 0) is 14.8 Å². The van der Waals surface area contributed by atoms with Crippen LogP contribution in [0, 0.1) is 5.92 Å². The predicted molar refractivity (Wildman–Crippen MR) is 69.8 cm³/mol. The standard InChI is InChI=1S/C12H18N2O3S/c1-17-8-12(9-2-3-9)14-10-4-6-11(7-5-10)18(13,15)16/h4-7,9,12,14H,2-3,8H2,1H3,(H2,13,15,16). The molecule has 0 aromatic heterocycles. The van der Waals surface area contributed by atoms with Gasteiger partial charge in [0.25, 0.3) is 0 Å². The number of anilines is 1. The molecule has 6 heteroatoms. The van der Waals surface area contributed by atoms with E-state index >= 15 is 0 Å². The molecule has 1 aromatic carbocycles. The minimum absolute atomic E-state index is 0.128. The van der Waals surface area contributed by atoms with Gasteiger partial charge in [0.15, 0.2) is 0 Å². The van der Waals surface area contributed by atoms with E-state index in [4.69, 9.17) is 9.88 Å². The van der Waals surface area contributed by atoms with Crippen molar-refractivity contribution < 1.29 is 13.2 Å². The monoisotopic (exact) mass is 270 g/mol. The maximum Gasteiger partial charge on any atom is 0.238 e. The van der Waals surface area contributed by atoms with Crippen molar-refractivity contribution in [1.29, 1.82) is 0 Å². The van der Waals surface area contributed by atoms with E-state index in [9.17, 15) is 8.42 Å². The molecule has 1 atom stereocenters. The number of hydrogen-bond acceptors (Lipinski definition) is 4. The van der Waals surface area contributed by atoms with Crippen molar-refractivity contribution in [1.82, 2.24) is 0 Å². The number of primary sulfonamides is 1. The van der Waals surface area contributed by atoms with Crippen molar-refractivity contribution in [3.63, 3.8) is 0 Å². The number of nitrogens with two attached hydrogens (primary N) is 1. The van der Waals surface area contributed by atoms with E-state index < -0.39 is 10.0 Å². The van der Waals surface area contributed by atoms with Crippen molar-refractivity contribution in [2.75, 3.05) is 19.0 Å². The van der Waals surface area contributed by atoms with Gasteiger partial charge in [0.1, 0.15) is 0 Å². The van der Waals surface area contributed by atoms with E-state index in [2.05, 4.69) is 5.32 Å². The van der Waals surface area contributed by atoms with Gasteiger partial charge in [0.05, 0.1) is 17.5 Å². The Morgan fingerprint density at radius 3 is 2.44 bits per heavy atom. The zero-order valence-corrected chi connectivity index (χ0v) is 11.1. The highest BCUT2D eigenvalue weighted by Gasteiger charge is 2.31. The van der Waals surface area contributed by atoms with Gasteiger partial charge < -0.3 is 10.1 Å². The summed E-state index contributed by atoms with van der Waals surface area (Å²) in [6.45, 7) is 0.654. The van der Waals surface area contributed by atoms with E-state index in [1.165, 1.54) is 25.0 Å². The number of nitrogens with one attached hydrogen (secondary N) is 1. The Morgan fingerprint density at radius 2 is 2.00 bits per heavy atom. The van der Waals surface area contributed by atoms with Crippen LogP contribution in [-0.4, -0.2) is 28.2 Å². The van der Waals surface area contributed by atoms with Gasteiger partial charge in [-0.2, -0.15) is 0 Å². The number of rotatable bonds is 6. The third-order valence-electron chi connectivity index (χ3n) is 3.07. The molecule has 0 bridgehead atoms. The minimum atomic E-state index is -3.61. The quantitative estimate of drug-likeness (QED) is 0.813. The highest BCUT2D eigenvalue weighted by Crippen LogP contribution is 2.34. The van der Waals surface area contributed by atoms with Crippen molar-refractivity contribution in [2.24, 2.45) is 11.1 Å². The minimum Gasteiger partial charge on any atom is -0.383 e. The summed E-state index contributed by atoms with van der Waals surface area (Å²) in [7, 11) is -1.93. The van der Waals surface area contributed by atoms with E-state index in [1.807, 2.05) is 0 Å². The normalized spacial score (nSPS) is 17.4. The molecule has 2 rings (SSSR count). The first-order chi connectivity index (χ1) is 8.50. The van der Waals surface area contributed by atoms with E-state index in [0.29, 0.717) is 12.5 Å². The Bertz CT molecular complexity index is 495. The molecule has 1 aliphatic carbocycles. The third-order valence-corrected chi connectivity index (χ3v) is 4.00. The van der Waals surface area contributed by atoms with Gasteiger partial charge in [0.2, 0.25) is 10.0 Å². The fourth-order valence-corrected chi connectivity index (χ4v) is 2.44. The topological polar surface area (TPSA) is 81.4 Å². The smallest absolute Gasteiger partial charge is 0.238 e. The molecule has 0 amide bonds. The summed E-state index contributed by atoms with van der Waals surface area (Å²) in [5.74, 6) is 0.655. The molecule has 0 spiro atoms. The zero-order chi connectivity index (χ0) is 13.2. The lowest BCUT2D eigenvalue weighted by molar-refractivity contribution is 0.179. The van der Waals surface area contributed by atoms with Crippen molar-refractivity contribution in [3.8, 4) is 0 Å². The first kappa shape index (κ1) is 13.3. The third kappa shape index (κ3) is 3.44. The maximum atomic E-state index is 11.1. The summed E-state index contributed by atoms with van der Waals surface area (Å²) in [6, 6.07) is 6.76. The van der Waals surface area contributed by atoms with Gasteiger partial charge >= 0.3 is 0 Å². The molecule has 1 fully saturated rings. The van der Waals surface area contributed by atoms with Crippen LogP contribution in [0.1, 0.15) is 12.8 Å². The molecule has 0 aliphatic heterocycles. The molecule has 0 heterocycles. The predicted octanol–water partition coefficient (Wildman–Crippen LogP) is 1.17. The molecule has 3 N–H and O–H groups in total. The molecular formula is C12H18N2O3S. The Labute approximate surface area is 107 Å². The van der Waals surface area contributed by atoms with Crippen LogP contribution < -0.4 is 10.5 Å². The second kappa shape index (κ2) is 5.26. The molecule has 100 valence electrons. The second-order valence-corrected chi connectivity index (χ2v) is 6.17. The van der Waals surface area contributed by atoms with Crippen LogP contribution in [0.15, 0.2) is 29.2 Å². The number of sulfonamides is 1. The molecule has 1 saturated carbocycles. The first-order valence-electron chi connectivity index (χ1n) is 5.89. The van der Waals surface area contributed by atoms with Gasteiger partial charge in [-0.1, -0.05) is 0 Å². The molecule has 5 nitrogen and oxygen atoms in total. The zero-order valence-electron chi connectivity index (χ0n) is 10.3. The maximum absolute atomic E-state index is 11.1. The van der Waals surface area contributed by atoms with Crippen LogP contribution in [0.5, 0.6) is 0 Å². The van der Waals surface area contributed by atoms with Crippen LogP contribution in [0.25, 0.3) is 0 Å². The van der Waals surface area contributed by atoms with E-state index in [-0.39, 0.29) is 10.9 Å². The second-order valence-electron chi connectivity index (χ2n) is 4.61. The molecule has 1 aromatic rings. The lowest BCUT2D eigenvalue weighted by Gasteiger charge is -2.18. The number of hydrogen-bond donors (Lipinski definition) is 2. The van der Waals surface area contributed by atoms with Crippen LogP contribution in [0.2, 0.25) is 0 Å². The number of methoxy groups -OCH3 is 1. The van der Waals surface area contributed by atoms with Gasteiger partial charge in [-0.25, -0.2) is 13.6 Å². The fourth-order valence-electron chi connectivity index (χ4n) is 1.93. The summed E-state index contributed by atoms with van der Waals surface area (Å²) in [5.41, 5.74) is 0.886. The Hall–Kier alpha value is -1.11. The molecule has 1 unspecified atom stereocenters. The number of ether oxygens (including phenoxy) is 1. The average molecular weight is 270 g/mol. The van der Waals surface area contributed by atoms with Gasteiger partial charge in [0, 0.05) is 12.8 Å². The Morgan fingerprint density at radius 1 is 1.39 bits per heavy atom. The highest BCUT2D eigenvalue weighted by atomic mass is 32.2. The van der Waals surface area contributed by atoms with E-state index in [1.54, 1.807) is 19.2 Å². The van der Waals surface area contributed by atoms with Crippen molar-refractivity contribution >= 4 is 15.7 Å². The first-order valence-corrected chi connectivity index (χ1v) is 7.43. The van der Waals surface area contributed by atoms with Crippen LogP contribution >= 0.6 is 0 Å². The van der Waals surface area contributed by atoms with Gasteiger partial charge in [-0.15, -0.1) is 0 Å². The largest absolute Gasteiger partial charge is 0.383 e. The molecule has 0 radical (unpaired) electrons. The number of benzene rings is 1. The lowest BCUT2D eigenvalue weighted by atomic mass is 10.2. The average Bonchev–Trinajstić information content (AvgIpc) is 3.12. The Balaban J connectivity index is 2.05. The molecular weight excluding hydrogens is 252 g/mol. The van der Waals surface area contributed by atoms with Gasteiger partial charge in [-0.3, -0.25) is 0 Å². The highest BCUT2D eigenvalue weighted by molar-refractivity contribution is 7.89. The fraction of sp³-hybridized carbons (Fsp3) is 0.500. The van der Waals surface area contributed by atoms with Crippen LogP contribution in [0.4, 0.5) is 5.69 Å². The summed E-state index contributed by atoms with van der Waals surface area (Å²) in [6.07, 6.45) is 2.44. The Kier molecular flexibility index (Phi) is 3.89. The van der Waals surface area contributed by atoms with Crippen LogP contribution in [0.3, 0.4) is 0 Å². The SMILES string of the molecule is COCC(Nc1ccc(S(N)(=O)=O)cc1)C1CC1. The summed E-state index contributed by atoms with van der Waals surface area (Å²) in [4.78, 5) is 0.128. The summed E-state index contributed by atoms with van der Waals surface area (Å²) < 4.78 is 27.4. The van der Waals surface area contributed by atoms with Crippen molar-refractivity contribution in [2.45, 2.75) is 23.8 Å². The molecule has 18 heavy (non-hydrogen) atoms. The van der Waals surface area contributed by atoms with Gasteiger partial charge in [-0.05, 0) is 43.0 Å². The summed E-state index contributed by atoms with van der Waals surface area (Å²) in [5, 5.41) is 8.41. The molecule has 0 saturated heterocycles. The molecule has 1 aliphatic rings. The van der Waals surface area contributed by atoms with E-state index in [0.717, 1.165) is 5.69 Å². The lowest BCUT2D eigenvalue weighted by Crippen LogP contribution is -2.27. The van der Waals surface area contributed by atoms with Crippen molar-refractivity contribution in [3.05, 3.63) is 24.3 Å².